The van der Waals surface area contributed by atoms with E-state index >= 15 is 0 Å². The van der Waals surface area contributed by atoms with Gasteiger partial charge in [-0.05, 0) is 31.0 Å². The molecule has 1 aromatic carbocycles. The van der Waals surface area contributed by atoms with Crippen molar-refractivity contribution in [3.05, 3.63) is 23.8 Å². The summed E-state index contributed by atoms with van der Waals surface area (Å²) >= 11 is 0. The number of nitrogen functional groups attached to an aromatic ring is 2. The molecular formula is C13H37B19N2O2. The number of esters is 1. The molecule has 4 N–H and O–H groups in total. The zero-order valence-electron chi connectivity index (χ0n) is 24.9. The molecule has 0 aromatic heterocycles. The van der Waals surface area contributed by atoms with E-state index in [4.69, 9.17) is 16.2 Å². The molecule has 0 aliphatic heterocycles. The monoisotopic (exact) mass is 462 g/mol. The van der Waals surface area contributed by atoms with E-state index in [0.29, 0.717) is 80.3 Å². The molecule has 0 unspecified atom stereocenters. The first kappa shape index (κ1) is 31.7. The molecule has 1 aliphatic carbocycles. The maximum Gasteiger partial charge on any atom is 0.338 e. The molecule has 1 aromatic rings. The average molecular weight is 459 g/mol. The van der Waals surface area contributed by atoms with E-state index in [2.05, 4.69) is 77.4 Å². The summed E-state index contributed by atoms with van der Waals surface area (Å²) in [5.74, 6) is 0.362. The van der Waals surface area contributed by atoms with Crippen molar-refractivity contribution in [2.75, 3.05) is 11.5 Å². The molecule has 0 heterocycles. The molecule has 0 spiro atoms. The van der Waals surface area contributed by atoms with Crippen LogP contribution in [-0.2, 0) is 4.74 Å². The van der Waals surface area contributed by atoms with E-state index < -0.39 is 0 Å². The Morgan fingerprint density at radius 2 is 1.08 bits per heavy atom. The van der Waals surface area contributed by atoms with Gasteiger partial charge in [0.15, 0.2) is 0 Å². The second-order valence-corrected chi connectivity index (χ2v) is 13.4. The molecule has 36 heavy (non-hydrogen) atoms. The third-order valence-corrected chi connectivity index (χ3v) is 8.93. The Kier molecular flexibility index (Phi) is 12.4. The first-order valence-corrected chi connectivity index (χ1v) is 14.6. The average Bonchev–Trinajstić information content (AvgIpc) is 2.74. The zero-order chi connectivity index (χ0) is 27.3. The normalized spacial score (nSPS) is 16.8. The minimum atomic E-state index is -0.309. The van der Waals surface area contributed by atoms with E-state index in [-0.39, 0.29) is 12.1 Å². The number of anilines is 2. The molecule has 4 nitrogen and oxygen atoms in total. The molecular weight excluding hydrogens is 422 g/mol. The van der Waals surface area contributed by atoms with Crippen molar-refractivity contribution in [1.82, 2.24) is 0 Å². The highest BCUT2D eigenvalue weighted by Gasteiger charge is 2.50. The fourth-order valence-corrected chi connectivity index (χ4v) is 7.95. The maximum atomic E-state index is 12.8. The Bertz CT molecular complexity index is 816. The number of ether oxygens (including phenoxy) is 1. The van der Waals surface area contributed by atoms with Crippen LogP contribution in [-0.4, -0.2) is 147 Å². The van der Waals surface area contributed by atoms with Gasteiger partial charge in [0.1, 0.15) is 6.10 Å². The van der Waals surface area contributed by atoms with Gasteiger partial charge in [0, 0.05) is 69.0 Å². The molecule has 0 radical (unpaired) electrons. The molecule has 0 amide bonds. The van der Waals surface area contributed by atoms with Gasteiger partial charge in [0.25, 0.3) is 0 Å². The molecule has 1 aliphatic rings. The maximum absolute atomic E-state index is 12.8. The van der Waals surface area contributed by atoms with E-state index in [1.807, 2.05) is 0 Å². The van der Waals surface area contributed by atoms with Gasteiger partial charge in [0.05, 0.1) is 82.9 Å². The van der Waals surface area contributed by atoms with E-state index in [1.165, 1.54) is 0 Å². The zero-order valence-corrected chi connectivity index (χ0v) is 24.9. The van der Waals surface area contributed by atoms with Crippen molar-refractivity contribution in [3.8, 4) is 0 Å². The summed E-state index contributed by atoms with van der Waals surface area (Å²) in [5, 5.41) is 0. The number of carbonyl (C=O) groups is 1. The Hall–Kier alpha value is -0.476. The molecule has 1 saturated carbocycles. The topological polar surface area (TPSA) is 78.3 Å². The second kappa shape index (κ2) is 14.1. The van der Waals surface area contributed by atoms with Gasteiger partial charge in [-0.25, -0.2) is 4.79 Å². The minimum Gasteiger partial charge on any atom is -0.459 e. The lowest BCUT2D eigenvalue weighted by molar-refractivity contribution is 0.0211. The molecule has 23 heteroatoms. The van der Waals surface area contributed by atoms with Crippen LogP contribution in [0.2, 0.25) is 5.82 Å². The summed E-state index contributed by atoms with van der Waals surface area (Å²) in [4.78, 5) is 12.8. The fourth-order valence-electron chi connectivity index (χ4n) is 7.95. The highest BCUT2D eigenvalue weighted by Crippen LogP contribution is 2.36. The predicted octanol–water partition coefficient (Wildman–Crippen LogP) is -10.3. The van der Waals surface area contributed by atoms with Crippen LogP contribution in [0.5, 0.6) is 0 Å². The third kappa shape index (κ3) is 8.26. The van der Waals surface area contributed by atoms with Gasteiger partial charge >= 0.3 is 5.97 Å². The first-order chi connectivity index (χ1) is 16.7. The van der Waals surface area contributed by atoms with Crippen molar-refractivity contribution < 1.29 is 9.53 Å². The first-order valence-electron chi connectivity index (χ1n) is 14.6. The largest absolute Gasteiger partial charge is 0.459 e. The van der Waals surface area contributed by atoms with Crippen LogP contribution in [0, 0.1) is 0 Å². The number of hydrogen-bond acceptors (Lipinski definition) is 4. The Balaban J connectivity index is 2.28. The minimum absolute atomic E-state index is 0.0305. The van der Waals surface area contributed by atoms with Crippen LogP contribution < -0.4 is 11.5 Å². The molecule has 1 fully saturated rings. The molecule has 0 saturated heterocycles. The molecule has 0 atom stereocenters. The highest BCUT2D eigenvalue weighted by atomic mass is 16.5. The second-order valence-electron chi connectivity index (χ2n) is 13.4. The lowest BCUT2D eigenvalue weighted by Gasteiger charge is -2.46. The summed E-state index contributed by atoms with van der Waals surface area (Å²) < 4.78 is 5.95. The van der Waals surface area contributed by atoms with Crippen molar-refractivity contribution in [3.63, 3.8) is 0 Å². The third-order valence-electron chi connectivity index (χ3n) is 8.93. The van der Waals surface area contributed by atoms with Gasteiger partial charge in [-0.3, -0.25) is 0 Å². The van der Waals surface area contributed by atoms with Gasteiger partial charge < -0.3 is 16.2 Å². The number of benzene rings is 1. The summed E-state index contributed by atoms with van der Waals surface area (Å²) in [6, 6.07) is 4.97. The van der Waals surface area contributed by atoms with Crippen LogP contribution >= 0.6 is 0 Å². The summed E-state index contributed by atoms with van der Waals surface area (Å²) in [6.45, 7) is 0.685. The molecule has 168 valence electrons. The van der Waals surface area contributed by atoms with Crippen molar-refractivity contribution in [1.29, 1.82) is 0 Å². The number of nitrogens with two attached hydrogens (primary N) is 2. The van der Waals surface area contributed by atoms with Crippen molar-refractivity contribution >= 4 is 152 Å². The summed E-state index contributed by atoms with van der Waals surface area (Å²) in [7, 11) is 24.3. The predicted molar refractivity (Wildman–Crippen MR) is 204 cm³/mol. The van der Waals surface area contributed by atoms with Crippen LogP contribution in [0.4, 0.5) is 11.4 Å². The lowest BCUT2D eigenvalue weighted by Crippen LogP contribution is -2.79. The number of carbonyl (C=O) groups excluding carboxylic acids is 1. The summed E-state index contributed by atoms with van der Waals surface area (Å²) in [6.07, 6.45) is 9.49. The van der Waals surface area contributed by atoms with Crippen molar-refractivity contribution in [2.24, 2.45) is 0 Å². The fraction of sp³-hybridized carbons (Fsp3) is 0.462. The van der Waals surface area contributed by atoms with Crippen LogP contribution in [0.3, 0.4) is 0 Å². The van der Waals surface area contributed by atoms with Gasteiger partial charge in [-0.2, -0.15) is 0 Å². The quantitative estimate of drug-likeness (QED) is 0.196. The van der Waals surface area contributed by atoms with E-state index in [0.717, 1.165) is 25.7 Å². The van der Waals surface area contributed by atoms with Gasteiger partial charge in [-0.15, -0.1) is 0 Å². The van der Waals surface area contributed by atoms with Gasteiger partial charge in [-0.1, -0.05) is 18.7 Å². The standard InChI is InChI=1S/C13H37B19N2O2/c14-25(15)30(26(16)17)24(31(27(18)19)32(28(20)21)29(22)23)9-1-3-12(4-2-9)36-13(35)8-5-10(33)7-11(34)6-8/h5-7,9,12H,1-4,14-23,33-34H2. The van der Waals surface area contributed by atoms with Crippen LogP contribution in [0.1, 0.15) is 36.0 Å². The SMILES string of the molecule is BB(B)B(B(B)B)B(B(B)B)B(B(B(B)B)B(B)B)C1CCC(OC(=O)c2cc(N)cc(N)c2)CC1. The Morgan fingerprint density at radius 1 is 0.667 bits per heavy atom. The smallest absolute Gasteiger partial charge is 0.338 e. The van der Waals surface area contributed by atoms with E-state index in [9.17, 15) is 4.79 Å². The van der Waals surface area contributed by atoms with E-state index in [1.54, 1.807) is 18.2 Å². The highest BCUT2D eigenvalue weighted by molar-refractivity contribution is 8.14. The summed E-state index contributed by atoms with van der Waals surface area (Å²) in [5.41, 5.74) is 13.2. The Morgan fingerprint density at radius 3 is 1.47 bits per heavy atom. The molecule has 0 bridgehead atoms. The van der Waals surface area contributed by atoms with Gasteiger partial charge in [0.2, 0.25) is 0 Å². The van der Waals surface area contributed by atoms with Crippen LogP contribution in [0.15, 0.2) is 18.2 Å². The van der Waals surface area contributed by atoms with Crippen LogP contribution in [0.25, 0.3) is 0 Å². The molecule has 2 rings (SSSR count). The van der Waals surface area contributed by atoms with Crippen molar-refractivity contribution in [2.45, 2.75) is 37.6 Å². The lowest BCUT2D eigenvalue weighted by atomic mass is 8.42. The number of hydrogen-bond donors (Lipinski definition) is 2. The Labute approximate surface area is 234 Å². The number of rotatable bonds is 11.